The van der Waals surface area contributed by atoms with Crippen LogP contribution in [0.4, 0.5) is 0 Å². The van der Waals surface area contributed by atoms with Crippen LogP contribution in [0.3, 0.4) is 0 Å². The molecule has 1 aromatic heterocycles. The lowest BCUT2D eigenvalue weighted by Crippen LogP contribution is -2.28. The molecule has 2 N–H and O–H groups in total. The first-order valence-electron chi connectivity index (χ1n) is 5.83. The highest BCUT2D eigenvalue weighted by Gasteiger charge is 2.17. The molecule has 0 aliphatic carbocycles. The van der Waals surface area contributed by atoms with Crippen LogP contribution in [0.15, 0.2) is 47.1 Å². The van der Waals surface area contributed by atoms with Gasteiger partial charge in [-0.15, -0.1) is 0 Å². The van der Waals surface area contributed by atoms with Gasteiger partial charge >= 0.3 is 0 Å². The molecule has 1 aromatic carbocycles. The van der Waals surface area contributed by atoms with E-state index in [1.54, 1.807) is 43.5 Å². The molecule has 2 rings (SSSR count). The minimum Gasteiger partial charge on any atom is -0.497 e. The third-order valence-corrected chi connectivity index (χ3v) is 2.70. The van der Waals surface area contributed by atoms with Crippen LogP contribution in [0.1, 0.15) is 17.4 Å². The molecule has 100 valence electrons. The fourth-order valence-electron chi connectivity index (χ4n) is 1.62. The maximum Gasteiger partial charge on any atom is 0.253 e. The number of nitrogens with one attached hydrogen (secondary N) is 1. The van der Waals surface area contributed by atoms with Crippen molar-refractivity contribution in [2.75, 3.05) is 7.11 Å². The number of amides is 1. The maximum absolute atomic E-state index is 11.8. The molecule has 1 heterocycles. The van der Waals surface area contributed by atoms with Gasteiger partial charge in [0.1, 0.15) is 11.5 Å². The quantitative estimate of drug-likeness (QED) is 0.858. The highest BCUT2D eigenvalue weighted by molar-refractivity contribution is 5.81. The van der Waals surface area contributed by atoms with E-state index in [1.165, 1.54) is 6.26 Å². The Morgan fingerprint density at radius 2 is 2.11 bits per heavy atom. The molecule has 5 nitrogen and oxygen atoms in total. The minimum absolute atomic E-state index is 0.249. The van der Waals surface area contributed by atoms with Crippen molar-refractivity contribution in [3.63, 3.8) is 0 Å². The molecule has 2 aromatic rings. The van der Waals surface area contributed by atoms with Crippen LogP contribution in [-0.2, 0) is 11.3 Å². The topological polar surface area (TPSA) is 71.7 Å². The van der Waals surface area contributed by atoms with Crippen molar-refractivity contribution in [1.82, 2.24) is 5.32 Å². The molecule has 0 bridgehead atoms. The SMILES string of the molecule is COc1ccc(C(O)C(=O)NCc2ccco2)cc1. The van der Waals surface area contributed by atoms with Crippen molar-refractivity contribution in [1.29, 1.82) is 0 Å². The van der Waals surface area contributed by atoms with Gasteiger partial charge in [0.15, 0.2) is 6.10 Å². The van der Waals surface area contributed by atoms with Crippen molar-refractivity contribution in [2.24, 2.45) is 0 Å². The second-order valence-electron chi connectivity index (χ2n) is 3.97. The number of rotatable bonds is 5. The first kappa shape index (κ1) is 13.2. The molecule has 5 heteroatoms. The molecule has 0 saturated heterocycles. The Hall–Kier alpha value is -2.27. The molecule has 1 atom stereocenters. The Kier molecular flexibility index (Phi) is 4.20. The molecule has 0 aliphatic heterocycles. The summed E-state index contributed by atoms with van der Waals surface area (Å²) in [6, 6.07) is 10.2. The van der Waals surface area contributed by atoms with Crippen LogP contribution >= 0.6 is 0 Å². The van der Waals surface area contributed by atoms with Crippen LogP contribution in [0.25, 0.3) is 0 Å². The van der Waals surface area contributed by atoms with E-state index in [1.807, 2.05) is 0 Å². The number of aliphatic hydroxyl groups excluding tert-OH is 1. The van der Waals surface area contributed by atoms with E-state index in [2.05, 4.69) is 5.32 Å². The summed E-state index contributed by atoms with van der Waals surface area (Å²) < 4.78 is 10.1. The van der Waals surface area contributed by atoms with Crippen molar-refractivity contribution in [3.8, 4) is 5.75 Å². The van der Waals surface area contributed by atoms with Crippen molar-refractivity contribution >= 4 is 5.91 Å². The molecule has 1 unspecified atom stereocenters. The van der Waals surface area contributed by atoms with Crippen LogP contribution in [0, 0.1) is 0 Å². The molecule has 0 radical (unpaired) electrons. The van der Waals surface area contributed by atoms with E-state index in [0.717, 1.165) is 0 Å². The first-order valence-corrected chi connectivity index (χ1v) is 5.83. The number of hydrogen-bond donors (Lipinski definition) is 2. The summed E-state index contributed by atoms with van der Waals surface area (Å²) in [5.74, 6) is 0.837. The summed E-state index contributed by atoms with van der Waals surface area (Å²) in [5, 5.41) is 12.5. The lowest BCUT2D eigenvalue weighted by atomic mass is 10.1. The summed E-state index contributed by atoms with van der Waals surface area (Å²) in [5.41, 5.74) is 0.512. The normalized spacial score (nSPS) is 11.9. The third-order valence-electron chi connectivity index (χ3n) is 2.70. The van der Waals surface area contributed by atoms with E-state index in [0.29, 0.717) is 17.1 Å². The zero-order chi connectivity index (χ0) is 13.7. The second-order valence-corrected chi connectivity index (χ2v) is 3.97. The Morgan fingerprint density at radius 1 is 1.37 bits per heavy atom. The standard InChI is InChI=1S/C14H15NO4/c1-18-11-6-4-10(5-7-11)13(16)14(17)15-9-12-3-2-8-19-12/h2-8,13,16H,9H2,1H3,(H,15,17). The van der Waals surface area contributed by atoms with Gasteiger partial charge in [0.2, 0.25) is 0 Å². The van der Waals surface area contributed by atoms with E-state index >= 15 is 0 Å². The lowest BCUT2D eigenvalue weighted by molar-refractivity contribution is -0.129. The summed E-state index contributed by atoms with van der Waals surface area (Å²) in [6.45, 7) is 0.249. The lowest BCUT2D eigenvalue weighted by Gasteiger charge is -2.11. The Labute approximate surface area is 110 Å². The van der Waals surface area contributed by atoms with Gasteiger partial charge in [0, 0.05) is 0 Å². The summed E-state index contributed by atoms with van der Waals surface area (Å²) >= 11 is 0. The van der Waals surface area contributed by atoms with E-state index in [9.17, 15) is 9.90 Å². The number of ether oxygens (including phenoxy) is 1. The first-order chi connectivity index (χ1) is 9.20. The molecule has 0 aliphatic rings. The zero-order valence-electron chi connectivity index (χ0n) is 10.5. The number of aliphatic hydroxyl groups is 1. The fraction of sp³-hybridized carbons (Fsp3) is 0.214. The highest BCUT2D eigenvalue weighted by Crippen LogP contribution is 2.17. The number of furan rings is 1. The minimum atomic E-state index is -1.21. The van der Waals surface area contributed by atoms with Gasteiger partial charge in [0.05, 0.1) is 19.9 Å². The summed E-state index contributed by atoms with van der Waals surface area (Å²) in [6.07, 6.45) is 0.322. The predicted molar refractivity (Wildman–Crippen MR) is 68.5 cm³/mol. The molecular formula is C14H15NO4. The van der Waals surface area contributed by atoms with Crippen molar-refractivity contribution < 1.29 is 19.1 Å². The van der Waals surface area contributed by atoms with E-state index in [4.69, 9.17) is 9.15 Å². The fourth-order valence-corrected chi connectivity index (χ4v) is 1.62. The number of carbonyl (C=O) groups is 1. The Morgan fingerprint density at radius 3 is 2.68 bits per heavy atom. The Bertz CT molecular complexity index is 519. The van der Waals surface area contributed by atoms with E-state index in [-0.39, 0.29) is 6.54 Å². The van der Waals surface area contributed by atoms with Crippen LogP contribution in [-0.4, -0.2) is 18.1 Å². The van der Waals surface area contributed by atoms with Gasteiger partial charge in [-0.25, -0.2) is 0 Å². The summed E-state index contributed by atoms with van der Waals surface area (Å²) in [7, 11) is 1.56. The average Bonchev–Trinajstić information content (AvgIpc) is 2.97. The highest BCUT2D eigenvalue weighted by atomic mass is 16.5. The van der Waals surface area contributed by atoms with Crippen molar-refractivity contribution in [3.05, 3.63) is 54.0 Å². The summed E-state index contributed by atoms with van der Waals surface area (Å²) in [4.78, 5) is 11.8. The van der Waals surface area contributed by atoms with Gasteiger partial charge in [-0.2, -0.15) is 0 Å². The largest absolute Gasteiger partial charge is 0.497 e. The Balaban J connectivity index is 1.94. The number of methoxy groups -OCH3 is 1. The molecule has 19 heavy (non-hydrogen) atoms. The average molecular weight is 261 g/mol. The zero-order valence-corrected chi connectivity index (χ0v) is 10.5. The number of carbonyl (C=O) groups excluding carboxylic acids is 1. The number of hydrogen-bond acceptors (Lipinski definition) is 4. The monoisotopic (exact) mass is 261 g/mol. The molecule has 0 fully saturated rings. The molecule has 1 amide bonds. The van der Waals surface area contributed by atoms with Crippen LogP contribution in [0.2, 0.25) is 0 Å². The van der Waals surface area contributed by atoms with Crippen LogP contribution in [0.5, 0.6) is 5.75 Å². The van der Waals surface area contributed by atoms with Gasteiger partial charge in [-0.3, -0.25) is 4.79 Å². The number of benzene rings is 1. The van der Waals surface area contributed by atoms with E-state index < -0.39 is 12.0 Å². The van der Waals surface area contributed by atoms with Gasteiger partial charge in [0.25, 0.3) is 5.91 Å². The van der Waals surface area contributed by atoms with Crippen LogP contribution < -0.4 is 10.1 Å². The smallest absolute Gasteiger partial charge is 0.253 e. The van der Waals surface area contributed by atoms with Gasteiger partial charge in [-0.1, -0.05) is 12.1 Å². The third kappa shape index (κ3) is 3.35. The molecule has 0 saturated carbocycles. The second kappa shape index (κ2) is 6.06. The maximum atomic E-state index is 11.8. The molecular weight excluding hydrogens is 246 g/mol. The molecule has 0 spiro atoms. The van der Waals surface area contributed by atoms with Gasteiger partial charge in [-0.05, 0) is 29.8 Å². The predicted octanol–water partition coefficient (Wildman–Crippen LogP) is 1.64. The van der Waals surface area contributed by atoms with Crippen molar-refractivity contribution in [2.45, 2.75) is 12.6 Å². The van der Waals surface area contributed by atoms with Gasteiger partial charge < -0.3 is 19.6 Å².